The van der Waals surface area contributed by atoms with Crippen LogP contribution in [0.1, 0.15) is 70.3 Å². The molecule has 0 amide bonds. The van der Waals surface area contributed by atoms with E-state index in [1.165, 1.54) is 63.8 Å². The van der Waals surface area contributed by atoms with Gasteiger partial charge < -0.3 is 9.55 Å². The van der Waals surface area contributed by atoms with Gasteiger partial charge in [0.1, 0.15) is 5.69 Å². The number of aromatic nitrogens is 4. The summed E-state index contributed by atoms with van der Waals surface area (Å²) in [6, 6.07) is 9.99. The minimum Gasteiger partial charge on any atom is -0.326 e. The van der Waals surface area contributed by atoms with Crippen LogP contribution in [-0.2, 0) is 0 Å². The monoisotopic (exact) mass is 497 g/mol. The van der Waals surface area contributed by atoms with E-state index in [9.17, 15) is 9.59 Å². The van der Waals surface area contributed by atoms with Crippen molar-refractivity contribution < 1.29 is 0 Å². The fraction of sp³-hybridized carbons (Fsp3) is 0.600. The highest BCUT2D eigenvalue weighted by Gasteiger charge is 2.53. The predicted molar refractivity (Wildman–Crippen MR) is 142 cm³/mol. The van der Waals surface area contributed by atoms with Crippen molar-refractivity contribution in [2.75, 3.05) is 0 Å². The summed E-state index contributed by atoms with van der Waals surface area (Å²) < 4.78 is 2.03. The van der Waals surface area contributed by atoms with E-state index < -0.39 is 0 Å². The number of aromatic amines is 1. The minimum absolute atomic E-state index is 0.0953. The van der Waals surface area contributed by atoms with Crippen LogP contribution in [0, 0.1) is 23.7 Å². The van der Waals surface area contributed by atoms with E-state index >= 15 is 0 Å². The first-order valence-electron chi connectivity index (χ1n) is 14.5. The smallest absolute Gasteiger partial charge is 0.279 e. The highest BCUT2D eigenvalue weighted by molar-refractivity contribution is 5.77. The molecule has 37 heavy (non-hydrogen) atoms. The number of benzene rings is 1. The Kier molecular flexibility index (Phi) is 5.01. The molecule has 2 aliphatic heterocycles. The fourth-order valence-corrected chi connectivity index (χ4v) is 9.38. The number of hydrogen-bond donors (Lipinski definition) is 1. The third kappa shape index (κ3) is 3.49. The number of nitrogens with zero attached hydrogens (tertiary/aromatic N) is 4. The van der Waals surface area contributed by atoms with Crippen LogP contribution in [0.25, 0.3) is 22.4 Å². The standard InChI is InChI=1S/C30H35N5O2/c36-28-16-31-26(15-32-28)29-30(37)35(27-7-2-1-6-25(27)33-29)23-13-20-4-3-5-21(14-23)34(20)22-9-17-8-18-11-19(12-22)24(18)10-17/h1-2,6-7,15-24H,3-5,8-14H2,(H,32,36)/t17-,18+,19+,20-,21+,22?,23?,24?/m1/s1. The Balaban J connectivity index is 1.16. The van der Waals surface area contributed by atoms with Crippen molar-refractivity contribution in [2.45, 2.75) is 88.4 Å². The Hall–Kier alpha value is -2.80. The van der Waals surface area contributed by atoms with E-state index in [1.54, 1.807) is 0 Å². The first kappa shape index (κ1) is 22.2. The molecule has 4 heterocycles. The SMILES string of the molecule is O=c1cnc(-c2nc3ccccc3n(C3C[C@H]4CCC[C@@H](C3)N4C3C[C@@H]4CC5[C@H](C3)C[C@@H]5C4)c2=O)c[nH]1. The third-order valence-corrected chi connectivity index (χ3v) is 10.7. The molecule has 8 atom stereocenters. The van der Waals surface area contributed by atoms with Crippen molar-refractivity contribution >= 4 is 11.0 Å². The molecule has 7 nitrogen and oxygen atoms in total. The number of fused-ring (bicyclic) bond motifs is 4. The van der Waals surface area contributed by atoms with Crippen LogP contribution in [0.4, 0.5) is 0 Å². The zero-order valence-electron chi connectivity index (χ0n) is 21.3. The van der Waals surface area contributed by atoms with Crippen molar-refractivity contribution in [3.63, 3.8) is 0 Å². The van der Waals surface area contributed by atoms with Crippen LogP contribution >= 0.6 is 0 Å². The van der Waals surface area contributed by atoms with Crippen LogP contribution < -0.4 is 11.1 Å². The van der Waals surface area contributed by atoms with Crippen LogP contribution in [-0.4, -0.2) is 42.5 Å². The van der Waals surface area contributed by atoms with E-state index in [0.29, 0.717) is 23.5 Å². The van der Waals surface area contributed by atoms with Crippen molar-refractivity contribution in [1.82, 2.24) is 24.4 Å². The Labute approximate surface area is 216 Å². The molecule has 0 radical (unpaired) electrons. The van der Waals surface area contributed by atoms with Gasteiger partial charge in [0.05, 0.1) is 17.2 Å². The first-order chi connectivity index (χ1) is 18.1. The summed E-state index contributed by atoms with van der Waals surface area (Å²) in [6.07, 6.45) is 15.9. The maximum atomic E-state index is 14.0. The molecule has 192 valence electrons. The molecule has 2 aromatic heterocycles. The van der Waals surface area contributed by atoms with Gasteiger partial charge in [0.15, 0.2) is 5.69 Å². The maximum absolute atomic E-state index is 14.0. The van der Waals surface area contributed by atoms with Crippen molar-refractivity contribution in [1.29, 1.82) is 0 Å². The topological polar surface area (TPSA) is 83.9 Å². The summed E-state index contributed by atoms with van der Waals surface area (Å²) in [6.45, 7) is 0. The molecule has 3 saturated carbocycles. The van der Waals surface area contributed by atoms with Gasteiger partial charge in [-0.15, -0.1) is 0 Å². The Bertz CT molecular complexity index is 1440. The van der Waals surface area contributed by atoms with Gasteiger partial charge in [0.25, 0.3) is 11.1 Å². The Morgan fingerprint density at radius 2 is 1.65 bits per heavy atom. The molecule has 8 rings (SSSR count). The van der Waals surface area contributed by atoms with Crippen LogP contribution in [0.15, 0.2) is 46.2 Å². The summed E-state index contributed by atoms with van der Waals surface area (Å²) in [5, 5.41) is 0. The summed E-state index contributed by atoms with van der Waals surface area (Å²) in [5.74, 6) is 4.01. The summed E-state index contributed by atoms with van der Waals surface area (Å²) in [4.78, 5) is 40.2. The molecular formula is C30H35N5O2. The average molecular weight is 498 g/mol. The molecule has 5 aliphatic rings. The summed E-state index contributed by atoms with van der Waals surface area (Å²) >= 11 is 0. The lowest BCUT2D eigenvalue weighted by Gasteiger charge is -2.54. The van der Waals surface area contributed by atoms with E-state index in [-0.39, 0.29) is 17.2 Å². The van der Waals surface area contributed by atoms with Crippen LogP contribution in [0.5, 0.6) is 0 Å². The lowest BCUT2D eigenvalue weighted by atomic mass is 9.64. The number of nitrogens with one attached hydrogen (secondary N) is 1. The van der Waals surface area contributed by atoms with Crippen molar-refractivity contribution in [2.24, 2.45) is 23.7 Å². The maximum Gasteiger partial charge on any atom is 0.279 e. The zero-order valence-corrected chi connectivity index (χ0v) is 21.3. The lowest BCUT2D eigenvalue weighted by molar-refractivity contribution is -0.0437. The zero-order chi connectivity index (χ0) is 24.7. The highest BCUT2D eigenvalue weighted by atomic mass is 16.1. The number of piperidine rings is 2. The highest BCUT2D eigenvalue weighted by Crippen LogP contribution is 2.59. The molecule has 0 spiro atoms. The largest absolute Gasteiger partial charge is 0.326 e. The normalized spacial score (nSPS) is 36.8. The van der Waals surface area contributed by atoms with Gasteiger partial charge in [-0.3, -0.25) is 14.5 Å². The molecule has 1 N–H and O–H groups in total. The van der Waals surface area contributed by atoms with Gasteiger partial charge in [-0.25, -0.2) is 9.97 Å². The third-order valence-electron chi connectivity index (χ3n) is 10.7. The van der Waals surface area contributed by atoms with Gasteiger partial charge in [-0.1, -0.05) is 18.6 Å². The fourth-order valence-electron chi connectivity index (χ4n) is 9.38. The summed E-state index contributed by atoms with van der Waals surface area (Å²) in [5.41, 5.74) is 2.08. The molecular weight excluding hydrogens is 462 g/mol. The molecule has 4 bridgehead atoms. The number of rotatable bonds is 3. The van der Waals surface area contributed by atoms with E-state index in [0.717, 1.165) is 53.6 Å². The molecule has 2 saturated heterocycles. The molecule has 3 unspecified atom stereocenters. The van der Waals surface area contributed by atoms with Gasteiger partial charge in [0, 0.05) is 30.4 Å². The van der Waals surface area contributed by atoms with Gasteiger partial charge in [0.2, 0.25) is 0 Å². The Morgan fingerprint density at radius 3 is 2.46 bits per heavy atom. The van der Waals surface area contributed by atoms with E-state index in [2.05, 4.69) is 14.9 Å². The quantitative estimate of drug-likeness (QED) is 0.575. The van der Waals surface area contributed by atoms with Gasteiger partial charge in [-0.2, -0.15) is 0 Å². The minimum atomic E-state index is -0.283. The van der Waals surface area contributed by atoms with Crippen molar-refractivity contribution in [3.8, 4) is 11.4 Å². The Morgan fingerprint density at radius 1 is 0.838 bits per heavy atom. The van der Waals surface area contributed by atoms with Crippen LogP contribution in [0.3, 0.4) is 0 Å². The molecule has 7 heteroatoms. The average Bonchev–Trinajstić information content (AvgIpc) is 3.12. The van der Waals surface area contributed by atoms with Gasteiger partial charge >= 0.3 is 0 Å². The van der Waals surface area contributed by atoms with E-state index in [4.69, 9.17) is 4.98 Å². The predicted octanol–water partition coefficient (Wildman–Crippen LogP) is 4.53. The lowest BCUT2D eigenvalue weighted by Crippen LogP contribution is -2.58. The first-order valence-corrected chi connectivity index (χ1v) is 14.5. The summed E-state index contributed by atoms with van der Waals surface area (Å²) in [7, 11) is 0. The van der Waals surface area contributed by atoms with Crippen molar-refractivity contribution in [3.05, 3.63) is 57.4 Å². The second-order valence-corrected chi connectivity index (χ2v) is 12.6. The number of hydrogen-bond acceptors (Lipinski definition) is 5. The number of H-pyrrole nitrogens is 1. The second-order valence-electron chi connectivity index (χ2n) is 12.6. The van der Waals surface area contributed by atoms with E-state index in [1.807, 2.05) is 28.8 Å². The number of para-hydroxylation sites is 2. The van der Waals surface area contributed by atoms with Gasteiger partial charge in [-0.05, 0) is 93.6 Å². The molecule has 1 aromatic carbocycles. The molecule has 3 aliphatic carbocycles. The molecule has 5 fully saturated rings. The molecule has 3 aromatic rings. The van der Waals surface area contributed by atoms with Crippen LogP contribution in [0.2, 0.25) is 0 Å². The second kappa shape index (κ2) is 8.35.